The van der Waals surface area contributed by atoms with Crippen LogP contribution in [0.5, 0.6) is 0 Å². The molecule has 0 aliphatic rings. The van der Waals surface area contributed by atoms with Gasteiger partial charge in [-0.2, -0.15) is 0 Å². The Morgan fingerprint density at radius 1 is 1.47 bits per heavy atom. The molecule has 0 radical (unpaired) electrons. The number of rotatable bonds is 4. The van der Waals surface area contributed by atoms with E-state index in [2.05, 4.69) is 15.9 Å². The van der Waals surface area contributed by atoms with E-state index in [1.165, 1.54) is 18.2 Å². The van der Waals surface area contributed by atoms with Crippen molar-refractivity contribution in [3.63, 3.8) is 0 Å². The van der Waals surface area contributed by atoms with E-state index in [-0.39, 0.29) is 12.0 Å². The van der Waals surface area contributed by atoms with E-state index in [1.807, 2.05) is 0 Å². The quantitative estimate of drug-likeness (QED) is 0.917. The molecule has 1 aromatic rings. The molecule has 0 aliphatic heterocycles. The average Bonchev–Trinajstić information content (AvgIpc) is 2.14. The Morgan fingerprint density at radius 3 is 2.60 bits per heavy atom. The van der Waals surface area contributed by atoms with Crippen molar-refractivity contribution in [1.29, 1.82) is 0 Å². The highest BCUT2D eigenvalue weighted by Crippen LogP contribution is 2.28. The number of alkyl halides is 2. The summed E-state index contributed by atoms with van der Waals surface area (Å²) in [5.74, 6) is -0.899. The van der Waals surface area contributed by atoms with Crippen LogP contribution in [0.1, 0.15) is 24.0 Å². The Balaban J connectivity index is 2.77. The molecule has 0 unspecified atom stereocenters. The van der Waals surface area contributed by atoms with Crippen LogP contribution in [0, 0.1) is 0 Å². The third-order valence-electron chi connectivity index (χ3n) is 1.93. The molecule has 0 saturated heterocycles. The smallest absolute Gasteiger partial charge is 0.303 e. The fourth-order valence-corrected chi connectivity index (χ4v) is 1.75. The van der Waals surface area contributed by atoms with Gasteiger partial charge < -0.3 is 5.11 Å². The first kappa shape index (κ1) is 12.1. The van der Waals surface area contributed by atoms with Crippen LogP contribution in [0.15, 0.2) is 22.7 Å². The number of hydrogen-bond donors (Lipinski definition) is 1. The third-order valence-corrected chi connectivity index (χ3v) is 2.61. The van der Waals surface area contributed by atoms with Crippen LogP contribution in [0.4, 0.5) is 8.78 Å². The normalized spacial score (nSPS) is 10.7. The average molecular weight is 279 g/mol. The Morgan fingerprint density at radius 2 is 2.13 bits per heavy atom. The summed E-state index contributed by atoms with van der Waals surface area (Å²) in [6.45, 7) is 0. The summed E-state index contributed by atoms with van der Waals surface area (Å²) in [5, 5.41) is 8.46. The summed E-state index contributed by atoms with van der Waals surface area (Å²) >= 11 is 3.03. The Hall–Kier alpha value is -0.970. The molecule has 1 N–H and O–H groups in total. The minimum absolute atomic E-state index is 0.000462. The van der Waals surface area contributed by atoms with Gasteiger partial charge >= 0.3 is 5.97 Å². The van der Waals surface area contributed by atoms with Crippen molar-refractivity contribution < 1.29 is 18.7 Å². The maximum Gasteiger partial charge on any atom is 0.303 e. The van der Waals surface area contributed by atoms with Gasteiger partial charge in [0.1, 0.15) is 0 Å². The van der Waals surface area contributed by atoms with Crippen LogP contribution < -0.4 is 0 Å². The number of carbonyl (C=O) groups is 1. The summed E-state index contributed by atoms with van der Waals surface area (Å²) in [6, 6.07) is 4.37. The highest BCUT2D eigenvalue weighted by atomic mass is 79.9. The maximum atomic E-state index is 12.3. The lowest BCUT2D eigenvalue weighted by atomic mass is 10.1. The van der Waals surface area contributed by atoms with E-state index in [0.717, 1.165) is 5.56 Å². The van der Waals surface area contributed by atoms with Crippen molar-refractivity contribution in [3.05, 3.63) is 33.8 Å². The first-order valence-corrected chi connectivity index (χ1v) is 5.08. The van der Waals surface area contributed by atoms with E-state index >= 15 is 0 Å². The van der Waals surface area contributed by atoms with Crippen LogP contribution in [-0.2, 0) is 11.2 Å². The van der Waals surface area contributed by atoms with Crippen LogP contribution in [0.25, 0.3) is 0 Å². The second kappa shape index (κ2) is 5.21. The number of aryl methyl sites for hydroxylation is 1. The third kappa shape index (κ3) is 3.58. The molecule has 1 rings (SSSR count). The van der Waals surface area contributed by atoms with Crippen LogP contribution in [-0.4, -0.2) is 11.1 Å². The van der Waals surface area contributed by atoms with Gasteiger partial charge in [0.2, 0.25) is 0 Å². The molecular formula is C10H9BrF2O2. The van der Waals surface area contributed by atoms with Gasteiger partial charge in [-0.1, -0.05) is 28.1 Å². The molecule has 15 heavy (non-hydrogen) atoms. The molecule has 0 amide bonds. The summed E-state index contributed by atoms with van der Waals surface area (Å²) in [4.78, 5) is 10.3. The predicted molar refractivity (Wildman–Crippen MR) is 55.1 cm³/mol. The second-order valence-electron chi connectivity index (χ2n) is 3.05. The maximum absolute atomic E-state index is 12.3. The molecule has 1 aromatic carbocycles. The van der Waals surface area contributed by atoms with Gasteiger partial charge in [0.05, 0.1) is 0 Å². The molecule has 0 bridgehead atoms. The van der Waals surface area contributed by atoms with E-state index in [0.29, 0.717) is 10.9 Å². The SMILES string of the molecule is O=C(O)CCc1ccc(C(F)F)c(Br)c1. The minimum Gasteiger partial charge on any atom is -0.481 e. The lowest BCUT2D eigenvalue weighted by molar-refractivity contribution is -0.136. The number of halogens is 3. The summed E-state index contributed by atoms with van der Waals surface area (Å²) in [5.41, 5.74) is 0.655. The first-order valence-electron chi connectivity index (χ1n) is 4.29. The molecule has 0 spiro atoms. The van der Waals surface area contributed by atoms with Crippen LogP contribution in [0.2, 0.25) is 0 Å². The monoisotopic (exact) mass is 278 g/mol. The summed E-state index contributed by atoms with van der Waals surface area (Å²) in [6.07, 6.45) is -2.18. The first-order chi connectivity index (χ1) is 7.00. The van der Waals surface area contributed by atoms with Gasteiger partial charge in [-0.3, -0.25) is 4.79 Å². The van der Waals surface area contributed by atoms with Gasteiger partial charge in [-0.25, -0.2) is 8.78 Å². The van der Waals surface area contributed by atoms with Crippen molar-refractivity contribution in [2.45, 2.75) is 19.3 Å². The highest BCUT2D eigenvalue weighted by molar-refractivity contribution is 9.10. The molecule has 0 fully saturated rings. The lowest BCUT2D eigenvalue weighted by Crippen LogP contribution is -1.98. The largest absolute Gasteiger partial charge is 0.481 e. The van der Waals surface area contributed by atoms with Gasteiger partial charge in [-0.15, -0.1) is 0 Å². The van der Waals surface area contributed by atoms with Gasteiger partial charge in [0.15, 0.2) is 0 Å². The minimum atomic E-state index is -2.52. The fourth-order valence-electron chi connectivity index (χ4n) is 1.15. The van der Waals surface area contributed by atoms with Gasteiger partial charge in [0.25, 0.3) is 6.43 Å². The van der Waals surface area contributed by atoms with Crippen LogP contribution in [0.3, 0.4) is 0 Å². The molecule has 0 aliphatic carbocycles. The molecule has 0 heterocycles. The zero-order chi connectivity index (χ0) is 11.4. The van der Waals surface area contributed by atoms with Gasteiger partial charge in [-0.05, 0) is 18.1 Å². The van der Waals surface area contributed by atoms with E-state index < -0.39 is 12.4 Å². The lowest BCUT2D eigenvalue weighted by Gasteiger charge is -2.05. The molecule has 5 heteroatoms. The van der Waals surface area contributed by atoms with E-state index in [4.69, 9.17) is 5.11 Å². The van der Waals surface area contributed by atoms with Gasteiger partial charge in [0, 0.05) is 16.5 Å². The number of hydrogen-bond acceptors (Lipinski definition) is 1. The molecule has 2 nitrogen and oxygen atoms in total. The predicted octanol–water partition coefficient (Wildman–Crippen LogP) is 3.40. The van der Waals surface area contributed by atoms with Crippen molar-refractivity contribution in [2.75, 3.05) is 0 Å². The molecular weight excluding hydrogens is 270 g/mol. The molecule has 82 valence electrons. The van der Waals surface area contributed by atoms with Crippen molar-refractivity contribution in [1.82, 2.24) is 0 Å². The zero-order valence-corrected chi connectivity index (χ0v) is 9.30. The van der Waals surface area contributed by atoms with E-state index in [9.17, 15) is 13.6 Å². The fraction of sp³-hybridized carbons (Fsp3) is 0.300. The van der Waals surface area contributed by atoms with E-state index in [1.54, 1.807) is 0 Å². The van der Waals surface area contributed by atoms with Crippen molar-refractivity contribution in [2.24, 2.45) is 0 Å². The van der Waals surface area contributed by atoms with Crippen molar-refractivity contribution in [3.8, 4) is 0 Å². The number of carboxylic acids is 1. The zero-order valence-electron chi connectivity index (χ0n) is 7.71. The Kier molecular flexibility index (Phi) is 4.20. The number of aliphatic carboxylic acids is 1. The highest BCUT2D eigenvalue weighted by Gasteiger charge is 2.11. The number of carboxylic acid groups (broad SMARTS) is 1. The topological polar surface area (TPSA) is 37.3 Å². The Labute approximate surface area is 94.0 Å². The molecule has 0 saturated carbocycles. The summed E-state index contributed by atoms with van der Waals surface area (Å²) < 4.78 is 25.0. The number of benzene rings is 1. The summed E-state index contributed by atoms with van der Waals surface area (Å²) in [7, 11) is 0. The standard InChI is InChI=1S/C10H9BrF2O2/c11-8-5-6(2-4-9(14)15)1-3-7(8)10(12)13/h1,3,5,10H,2,4H2,(H,14,15). The second-order valence-corrected chi connectivity index (χ2v) is 3.90. The molecule has 0 aromatic heterocycles. The Bertz CT molecular complexity index is 366. The van der Waals surface area contributed by atoms with Crippen molar-refractivity contribution >= 4 is 21.9 Å². The van der Waals surface area contributed by atoms with Crippen LogP contribution >= 0.6 is 15.9 Å². The molecule has 0 atom stereocenters.